The number of hydrogen-bond donors (Lipinski definition) is 1. The molecule has 2 nitrogen and oxygen atoms in total. The SMILES string of the molecule is CCC(CC)c1ccc2c(c1)NC(=O)C2(C)C. The number of nitrogens with one attached hydrogen (secondary N) is 1. The first-order valence-corrected chi connectivity index (χ1v) is 6.46. The Morgan fingerprint density at radius 2 is 1.88 bits per heavy atom. The van der Waals surface area contributed by atoms with Crippen LogP contribution in [0.2, 0.25) is 0 Å². The number of rotatable bonds is 3. The Kier molecular flexibility index (Phi) is 2.98. The number of carbonyl (C=O) groups is 1. The van der Waals surface area contributed by atoms with E-state index in [1.165, 1.54) is 5.56 Å². The average Bonchev–Trinajstić information content (AvgIpc) is 2.51. The van der Waals surface area contributed by atoms with Crippen molar-refractivity contribution in [2.24, 2.45) is 0 Å². The normalized spacial score (nSPS) is 17.1. The molecule has 1 aliphatic heterocycles. The lowest BCUT2D eigenvalue weighted by atomic mass is 9.84. The number of anilines is 1. The summed E-state index contributed by atoms with van der Waals surface area (Å²) in [6.45, 7) is 8.38. The summed E-state index contributed by atoms with van der Waals surface area (Å²) in [6.07, 6.45) is 2.29. The maximum absolute atomic E-state index is 11.9. The van der Waals surface area contributed by atoms with Crippen molar-refractivity contribution in [2.75, 3.05) is 5.32 Å². The summed E-state index contributed by atoms with van der Waals surface area (Å²) in [5.41, 5.74) is 3.08. The van der Waals surface area contributed by atoms with Crippen LogP contribution < -0.4 is 5.32 Å². The fraction of sp³-hybridized carbons (Fsp3) is 0.533. The predicted molar refractivity (Wildman–Crippen MR) is 71.4 cm³/mol. The molecule has 0 aromatic heterocycles. The lowest BCUT2D eigenvalue weighted by Crippen LogP contribution is -2.26. The number of benzene rings is 1. The maximum Gasteiger partial charge on any atom is 0.234 e. The fourth-order valence-electron chi connectivity index (χ4n) is 2.63. The lowest BCUT2D eigenvalue weighted by Gasteiger charge is -2.17. The van der Waals surface area contributed by atoms with Crippen LogP contribution in [0.15, 0.2) is 18.2 Å². The number of hydrogen-bond acceptors (Lipinski definition) is 1. The smallest absolute Gasteiger partial charge is 0.234 e. The second-order valence-corrected chi connectivity index (χ2v) is 5.40. The highest BCUT2D eigenvalue weighted by atomic mass is 16.2. The summed E-state index contributed by atoms with van der Waals surface area (Å²) in [4.78, 5) is 11.9. The molecule has 2 rings (SSSR count). The van der Waals surface area contributed by atoms with Crippen LogP contribution in [0.4, 0.5) is 5.69 Å². The van der Waals surface area contributed by atoms with Crippen LogP contribution in [-0.4, -0.2) is 5.91 Å². The second kappa shape index (κ2) is 4.17. The first-order chi connectivity index (χ1) is 8.00. The van der Waals surface area contributed by atoms with Gasteiger partial charge in [0.15, 0.2) is 0 Å². The van der Waals surface area contributed by atoms with Crippen LogP contribution in [0.25, 0.3) is 0 Å². The molecule has 0 radical (unpaired) electrons. The zero-order chi connectivity index (χ0) is 12.6. The van der Waals surface area contributed by atoms with Crippen molar-refractivity contribution in [1.82, 2.24) is 0 Å². The minimum Gasteiger partial charge on any atom is -0.325 e. The largest absolute Gasteiger partial charge is 0.325 e. The van der Waals surface area contributed by atoms with E-state index >= 15 is 0 Å². The van der Waals surface area contributed by atoms with Crippen LogP contribution in [0.5, 0.6) is 0 Å². The average molecular weight is 231 g/mol. The molecule has 0 saturated carbocycles. The zero-order valence-corrected chi connectivity index (χ0v) is 11.1. The third-order valence-corrected chi connectivity index (χ3v) is 3.99. The Bertz CT molecular complexity index is 444. The summed E-state index contributed by atoms with van der Waals surface area (Å²) in [7, 11) is 0. The van der Waals surface area contributed by atoms with Gasteiger partial charge in [0.25, 0.3) is 0 Å². The summed E-state index contributed by atoms with van der Waals surface area (Å²) < 4.78 is 0. The van der Waals surface area contributed by atoms with Crippen molar-refractivity contribution in [1.29, 1.82) is 0 Å². The number of fused-ring (bicyclic) bond motifs is 1. The van der Waals surface area contributed by atoms with Gasteiger partial charge in [0.2, 0.25) is 5.91 Å². The van der Waals surface area contributed by atoms with Gasteiger partial charge in [-0.05, 0) is 49.8 Å². The molecular weight excluding hydrogens is 210 g/mol. The van der Waals surface area contributed by atoms with Crippen LogP contribution in [0.1, 0.15) is 57.6 Å². The van der Waals surface area contributed by atoms with E-state index in [4.69, 9.17) is 0 Å². The first kappa shape index (κ1) is 12.2. The van der Waals surface area contributed by atoms with Crippen molar-refractivity contribution in [2.45, 2.75) is 51.9 Å². The van der Waals surface area contributed by atoms with Gasteiger partial charge in [0, 0.05) is 5.69 Å². The second-order valence-electron chi connectivity index (χ2n) is 5.40. The van der Waals surface area contributed by atoms with Crippen molar-refractivity contribution < 1.29 is 4.79 Å². The van der Waals surface area contributed by atoms with E-state index in [1.54, 1.807) is 0 Å². The molecule has 1 amide bonds. The number of carbonyl (C=O) groups excluding carboxylic acids is 1. The minimum atomic E-state index is -0.387. The van der Waals surface area contributed by atoms with E-state index in [0.29, 0.717) is 5.92 Å². The maximum atomic E-state index is 11.9. The molecule has 1 aromatic carbocycles. The molecule has 0 aliphatic carbocycles. The quantitative estimate of drug-likeness (QED) is 0.841. The monoisotopic (exact) mass is 231 g/mol. The predicted octanol–water partition coefficient (Wildman–Crippen LogP) is 3.82. The Morgan fingerprint density at radius 1 is 1.24 bits per heavy atom. The zero-order valence-electron chi connectivity index (χ0n) is 11.1. The molecule has 92 valence electrons. The van der Waals surface area contributed by atoms with E-state index in [0.717, 1.165) is 24.1 Å². The van der Waals surface area contributed by atoms with Gasteiger partial charge >= 0.3 is 0 Å². The molecule has 0 spiro atoms. The van der Waals surface area contributed by atoms with Gasteiger partial charge < -0.3 is 5.32 Å². The topological polar surface area (TPSA) is 29.1 Å². The Hall–Kier alpha value is -1.31. The minimum absolute atomic E-state index is 0.106. The molecule has 1 N–H and O–H groups in total. The van der Waals surface area contributed by atoms with Crippen molar-refractivity contribution in [3.63, 3.8) is 0 Å². The van der Waals surface area contributed by atoms with Gasteiger partial charge in [-0.3, -0.25) is 4.79 Å². The Balaban J connectivity index is 2.41. The summed E-state index contributed by atoms with van der Waals surface area (Å²) >= 11 is 0. The van der Waals surface area contributed by atoms with Crippen molar-refractivity contribution in [3.05, 3.63) is 29.3 Å². The van der Waals surface area contributed by atoms with E-state index in [2.05, 4.69) is 37.4 Å². The third-order valence-electron chi connectivity index (χ3n) is 3.99. The van der Waals surface area contributed by atoms with Gasteiger partial charge in [-0.25, -0.2) is 0 Å². The van der Waals surface area contributed by atoms with E-state index in [9.17, 15) is 4.79 Å². The van der Waals surface area contributed by atoms with Gasteiger partial charge in [-0.1, -0.05) is 26.0 Å². The van der Waals surface area contributed by atoms with Crippen LogP contribution in [-0.2, 0) is 10.2 Å². The highest BCUT2D eigenvalue weighted by molar-refractivity contribution is 6.05. The molecule has 17 heavy (non-hydrogen) atoms. The van der Waals surface area contributed by atoms with Gasteiger partial charge in [0.1, 0.15) is 0 Å². The summed E-state index contributed by atoms with van der Waals surface area (Å²) in [5, 5.41) is 2.99. The van der Waals surface area contributed by atoms with Gasteiger partial charge in [0.05, 0.1) is 5.41 Å². The summed E-state index contributed by atoms with van der Waals surface area (Å²) in [5.74, 6) is 0.704. The molecule has 1 heterocycles. The number of amides is 1. The summed E-state index contributed by atoms with van der Waals surface area (Å²) in [6, 6.07) is 6.44. The van der Waals surface area contributed by atoms with E-state index in [1.807, 2.05) is 13.8 Å². The molecule has 0 bridgehead atoms. The molecule has 2 heteroatoms. The third kappa shape index (κ3) is 1.86. The van der Waals surface area contributed by atoms with Gasteiger partial charge in [-0.2, -0.15) is 0 Å². The standard InChI is InChI=1S/C15H21NO/c1-5-10(6-2)11-7-8-12-13(9-11)16-14(17)15(12,3)4/h7-10H,5-6H2,1-4H3,(H,16,17). The molecule has 0 atom stereocenters. The fourth-order valence-corrected chi connectivity index (χ4v) is 2.63. The molecule has 0 fully saturated rings. The molecule has 1 aliphatic rings. The van der Waals surface area contributed by atoms with Crippen LogP contribution >= 0.6 is 0 Å². The van der Waals surface area contributed by atoms with Crippen molar-refractivity contribution in [3.8, 4) is 0 Å². The first-order valence-electron chi connectivity index (χ1n) is 6.46. The molecule has 1 aromatic rings. The molecule has 0 unspecified atom stereocenters. The van der Waals surface area contributed by atoms with E-state index < -0.39 is 0 Å². The molecular formula is C15H21NO. The molecule has 0 saturated heterocycles. The Labute approximate surface area is 103 Å². The van der Waals surface area contributed by atoms with Gasteiger partial charge in [-0.15, -0.1) is 0 Å². The van der Waals surface area contributed by atoms with E-state index in [-0.39, 0.29) is 11.3 Å². The highest BCUT2D eigenvalue weighted by Gasteiger charge is 2.38. The van der Waals surface area contributed by atoms with Crippen molar-refractivity contribution >= 4 is 11.6 Å². The lowest BCUT2D eigenvalue weighted by molar-refractivity contribution is -0.119. The Morgan fingerprint density at radius 3 is 2.47 bits per heavy atom. The van der Waals surface area contributed by atoms with Crippen LogP contribution in [0, 0.1) is 0 Å². The highest BCUT2D eigenvalue weighted by Crippen LogP contribution is 2.39. The van der Waals surface area contributed by atoms with Crippen LogP contribution in [0.3, 0.4) is 0 Å².